The van der Waals surface area contributed by atoms with Crippen molar-refractivity contribution in [3.05, 3.63) is 0 Å². The van der Waals surface area contributed by atoms with Gasteiger partial charge in [0, 0.05) is 40.4 Å². The third kappa shape index (κ3) is 3.09. The van der Waals surface area contributed by atoms with Gasteiger partial charge in [0.1, 0.15) is 0 Å². The van der Waals surface area contributed by atoms with E-state index < -0.39 is 10.8 Å². The summed E-state index contributed by atoms with van der Waals surface area (Å²) in [7, 11) is 1.42. The Morgan fingerprint density at radius 1 is 1.35 bits per heavy atom. The van der Waals surface area contributed by atoms with Gasteiger partial charge in [0.25, 0.3) is 0 Å². The Hall–Kier alpha value is 0.0700. The van der Waals surface area contributed by atoms with Gasteiger partial charge in [-0.2, -0.15) is 0 Å². The average Bonchev–Trinajstić information content (AvgIpc) is 2.56. The van der Waals surface area contributed by atoms with Crippen molar-refractivity contribution in [2.75, 3.05) is 19.8 Å². The van der Waals surface area contributed by atoms with Crippen LogP contribution >= 0.6 is 0 Å². The Morgan fingerprint density at radius 3 is 2.41 bits per heavy atom. The highest BCUT2D eigenvalue weighted by Crippen LogP contribution is 2.35. The quantitative estimate of drug-likeness (QED) is 0.808. The number of fused-ring (bicyclic) bond motifs is 2. The van der Waals surface area contributed by atoms with Crippen molar-refractivity contribution in [2.24, 2.45) is 0 Å². The van der Waals surface area contributed by atoms with E-state index in [4.69, 9.17) is 0 Å². The Labute approximate surface area is 108 Å². The van der Waals surface area contributed by atoms with Gasteiger partial charge in [-0.05, 0) is 45.7 Å². The van der Waals surface area contributed by atoms with Gasteiger partial charge < -0.3 is 5.32 Å². The second kappa shape index (κ2) is 5.81. The zero-order chi connectivity index (χ0) is 12.4. The fourth-order valence-corrected chi connectivity index (χ4v) is 3.81. The van der Waals surface area contributed by atoms with E-state index in [-0.39, 0.29) is 0 Å². The monoisotopic (exact) mass is 258 g/mol. The Balaban J connectivity index is 1.85. The molecule has 3 nitrogen and oxygen atoms in total. The van der Waals surface area contributed by atoms with Gasteiger partial charge in [-0.25, -0.2) is 0 Å². The molecule has 0 radical (unpaired) electrons. The van der Waals surface area contributed by atoms with Crippen LogP contribution in [-0.4, -0.2) is 52.3 Å². The lowest BCUT2D eigenvalue weighted by atomic mass is 9.97. The highest BCUT2D eigenvalue weighted by atomic mass is 32.2. The molecule has 0 aromatic heterocycles. The van der Waals surface area contributed by atoms with Crippen molar-refractivity contribution in [3.63, 3.8) is 0 Å². The van der Waals surface area contributed by atoms with E-state index in [9.17, 15) is 4.21 Å². The van der Waals surface area contributed by atoms with Crippen LogP contribution in [-0.2, 0) is 10.8 Å². The van der Waals surface area contributed by atoms with Crippen LogP contribution in [0.3, 0.4) is 0 Å². The molecule has 4 heteroatoms. The fraction of sp³-hybridized carbons (Fsp3) is 1.00. The average molecular weight is 258 g/mol. The van der Waals surface area contributed by atoms with Crippen LogP contribution in [0.5, 0.6) is 0 Å². The molecule has 2 saturated heterocycles. The molecule has 2 heterocycles. The van der Waals surface area contributed by atoms with Crippen LogP contribution in [0.1, 0.15) is 39.0 Å². The van der Waals surface area contributed by atoms with E-state index in [2.05, 4.69) is 24.2 Å². The second-order valence-electron chi connectivity index (χ2n) is 5.68. The summed E-state index contributed by atoms with van der Waals surface area (Å²) in [6.07, 6.45) is 8.25. The molecule has 0 aliphatic carbocycles. The minimum absolute atomic E-state index is 0.344. The van der Waals surface area contributed by atoms with E-state index in [1.54, 1.807) is 0 Å². The summed E-state index contributed by atoms with van der Waals surface area (Å²) < 4.78 is 11.4. The lowest BCUT2D eigenvalue weighted by Crippen LogP contribution is -2.49. The summed E-state index contributed by atoms with van der Waals surface area (Å²) in [5.74, 6) is 0. The van der Waals surface area contributed by atoms with E-state index in [0.29, 0.717) is 5.25 Å². The lowest BCUT2D eigenvalue weighted by molar-refractivity contribution is 0.118. The van der Waals surface area contributed by atoms with Crippen LogP contribution in [0.2, 0.25) is 0 Å². The molecule has 2 aliphatic rings. The molecule has 100 valence electrons. The summed E-state index contributed by atoms with van der Waals surface area (Å²) in [4.78, 5) is 2.69. The maximum atomic E-state index is 11.4. The molecular weight excluding hydrogens is 232 g/mol. The minimum Gasteiger partial charge on any atom is -0.317 e. The second-order valence-corrected chi connectivity index (χ2v) is 7.48. The van der Waals surface area contributed by atoms with Crippen molar-refractivity contribution in [1.29, 1.82) is 0 Å². The standard InChI is InChI=1S/C13H26N2OS/c1-10(17(3)16)6-7-15-12-4-5-13(15)9-11(8-12)14-2/h10-14H,4-9H2,1-3H3. The molecule has 17 heavy (non-hydrogen) atoms. The van der Waals surface area contributed by atoms with Crippen molar-refractivity contribution in [3.8, 4) is 0 Å². The summed E-state index contributed by atoms with van der Waals surface area (Å²) in [5.41, 5.74) is 0. The number of nitrogens with zero attached hydrogens (tertiary/aromatic N) is 1. The van der Waals surface area contributed by atoms with Crippen molar-refractivity contribution < 1.29 is 4.21 Å². The predicted octanol–water partition coefficient (Wildman–Crippen LogP) is 1.36. The molecule has 0 aromatic carbocycles. The SMILES string of the molecule is CNC1CC2CCC(C1)N2CCC(C)S(C)=O. The Morgan fingerprint density at radius 2 is 1.94 bits per heavy atom. The van der Waals surface area contributed by atoms with E-state index in [0.717, 1.165) is 31.1 Å². The molecule has 1 N–H and O–H groups in total. The van der Waals surface area contributed by atoms with Gasteiger partial charge in [0.2, 0.25) is 0 Å². The molecule has 2 bridgehead atoms. The lowest BCUT2D eigenvalue weighted by Gasteiger charge is -2.39. The number of nitrogens with one attached hydrogen (secondary N) is 1. The van der Waals surface area contributed by atoms with Gasteiger partial charge in [-0.3, -0.25) is 9.11 Å². The molecule has 0 aromatic rings. The normalized spacial score (nSPS) is 37.0. The topological polar surface area (TPSA) is 32.3 Å². The maximum Gasteiger partial charge on any atom is 0.0329 e. The van der Waals surface area contributed by atoms with Crippen LogP contribution in [0, 0.1) is 0 Å². The molecule has 2 rings (SSSR count). The van der Waals surface area contributed by atoms with Crippen LogP contribution in [0.15, 0.2) is 0 Å². The summed E-state index contributed by atoms with van der Waals surface area (Å²) in [6, 6.07) is 2.29. The molecule has 4 unspecified atom stereocenters. The van der Waals surface area contributed by atoms with Crippen molar-refractivity contribution in [2.45, 2.75) is 62.4 Å². The molecule has 2 fully saturated rings. The van der Waals surface area contributed by atoms with Gasteiger partial charge in [-0.1, -0.05) is 6.92 Å². The first-order valence-corrected chi connectivity index (χ1v) is 8.49. The van der Waals surface area contributed by atoms with E-state index in [1.165, 1.54) is 25.7 Å². The summed E-state index contributed by atoms with van der Waals surface area (Å²) in [5, 5.41) is 3.78. The maximum absolute atomic E-state index is 11.4. The summed E-state index contributed by atoms with van der Waals surface area (Å²) >= 11 is 0. The van der Waals surface area contributed by atoms with E-state index >= 15 is 0 Å². The highest BCUT2D eigenvalue weighted by molar-refractivity contribution is 7.84. The first kappa shape index (κ1) is 13.5. The molecule has 0 amide bonds. The van der Waals surface area contributed by atoms with Crippen LogP contribution < -0.4 is 5.32 Å². The zero-order valence-corrected chi connectivity index (χ0v) is 12.1. The van der Waals surface area contributed by atoms with E-state index in [1.807, 2.05) is 6.26 Å². The Bertz CT molecular complexity index is 271. The van der Waals surface area contributed by atoms with Crippen molar-refractivity contribution >= 4 is 10.8 Å². The molecular formula is C13H26N2OS. The number of rotatable bonds is 5. The first-order chi connectivity index (χ1) is 8.11. The first-order valence-electron chi connectivity index (χ1n) is 6.87. The number of piperidine rings is 1. The molecule has 2 aliphatic heterocycles. The minimum atomic E-state index is -0.664. The number of hydrogen-bond acceptors (Lipinski definition) is 3. The van der Waals surface area contributed by atoms with Crippen LogP contribution in [0.25, 0.3) is 0 Å². The number of hydrogen-bond donors (Lipinski definition) is 1. The zero-order valence-electron chi connectivity index (χ0n) is 11.3. The molecule has 0 saturated carbocycles. The third-order valence-corrected chi connectivity index (χ3v) is 6.02. The third-order valence-electron chi connectivity index (χ3n) is 4.65. The van der Waals surface area contributed by atoms with Crippen LogP contribution in [0.4, 0.5) is 0 Å². The molecule has 0 spiro atoms. The molecule has 4 atom stereocenters. The highest BCUT2D eigenvalue weighted by Gasteiger charge is 2.39. The smallest absolute Gasteiger partial charge is 0.0329 e. The Kier molecular flexibility index (Phi) is 4.61. The van der Waals surface area contributed by atoms with Gasteiger partial charge in [0.05, 0.1) is 0 Å². The van der Waals surface area contributed by atoms with Gasteiger partial charge in [-0.15, -0.1) is 0 Å². The van der Waals surface area contributed by atoms with Gasteiger partial charge in [0.15, 0.2) is 0 Å². The summed E-state index contributed by atoms with van der Waals surface area (Å²) in [6.45, 7) is 3.25. The largest absolute Gasteiger partial charge is 0.317 e. The predicted molar refractivity (Wildman–Crippen MR) is 73.7 cm³/mol. The van der Waals surface area contributed by atoms with Gasteiger partial charge >= 0.3 is 0 Å². The fourth-order valence-electron chi connectivity index (χ4n) is 3.37. The van der Waals surface area contributed by atoms with Crippen molar-refractivity contribution in [1.82, 2.24) is 10.2 Å².